The van der Waals surface area contributed by atoms with Gasteiger partial charge in [-0.1, -0.05) is 25.1 Å². The molecular weight excluding hydrogens is 204 g/mol. The molecule has 0 saturated heterocycles. The third-order valence-electron chi connectivity index (χ3n) is 2.29. The van der Waals surface area contributed by atoms with Crippen LogP contribution in [0.3, 0.4) is 0 Å². The first-order valence-electron chi connectivity index (χ1n) is 5.36. The summed E-state index contributed by atoms with van der Waals surface area (Å²) in [6.45, 7) is 3.30. The zero-order chi connectivity index (χ0) is 12.0. The first-order chi connectivity index (χ1) is 7.59. The molecule has 0 fully saturated rings. The summed E-state index contributed by atoms with van der Waals surface area (Å²) in [5, 5.41) is 0. The number of Topliss-reactive ketones (excluding diaryl/α,β-unsaturated/α-hetero) is 1. The summed E-state index contributed by atoms with van der Waals surface area (Å²) in [6.07, 6.45) is 0.964. The molecule has 0 aromatic heterocycles. The predicted molar refractivity (Wildman–Crippen MR) is 61.2 cm³/mol. The van der Waals surface area contributed by atoms with E-state index in [2.05, 4.69) is 0 Å². The highest BCUT2D eigenvalue weighted by Crippen LogP contribution is 2.13. The van der Waals surface area contributed by atoms with Crippen LogP contribution < -0.4 is 4.74 Å². The van der Waals surface area contributed by atoms with Crippen LogP contribution in [0.4, 0.5) is 0 Å². The predicted octanol–water partition coefficient (Wildman–Crippen LogP) is 2.60. The van der Waals surface area contributed by atoms with Crippen molar-refractivity contribution in [3.8, 4) is 5.75 Å². The van der Waals surface area contributed by atoms with Gasteiger partial charge in [0, 0.05) is 6.42 Å². The molecule has 0 spiro atoms. The third-order valence-corrected chi connectivity index (χ3v) is 2.29. The molecule has 1 atom stereocenters. The fourth-order valence-electron chi connectivity index (χ4n) is 1.24. The maximum absolute atomic E-state index is 11.6. The highest BCUT2D eigenvalue weighted by atomic mass is 16.5. The molecule has 1 aromatic rings. The Balaban J connectivity index is 2.43. The number of hydrogen-bond donors (Lipinski definition) is 0. The molecule has 3 heteroatoms. The number of ketones is 1. The summed E-state index contributed by atoms with van der Waals surface area (Å²) in [5.41, 5.74) is 0. The molecule has 0 amide bonds. The van der Waals surface area contributed by atoms with Gasteiger partial charge in [0.1, 0.15) is 11.5 Å². The van der Waals surface area contributed by atoms with E-state index in [1.165, 1.54) is 6.92 Å². The number of carbonyl (C=O) groups excluding carboxylic acids is 2. The SMILES string of the molecule is CC(=O)CCC(C)C(=O)Oc1ccccc1. The fourth-order valence-corrected chi connectivity index (χ4v) is 1.24. The number of benzene rings is 1. The minimum atomic E-state index is -0.285. The van der Waals surface area contributed by atoms with Crippen LogP contribution in [0.5, 0.6) is 5.75 Å². The van der Waals surface area contributed by atoms with E-state index in [0.717, 1.165) is 0 Å². The average molecular weight is 220 g/mol. The van der Waals surface area contributed by atoms with Gasteiger partial charge in [0.25, 0.3) is 0 Å². The van der Waals surface area contributed by atoms with Crippen LogP contribution in [-0.2, 0) is 9.59 Å². The lowest BCUT2D eigenvalue weighted by molar-refractivity contribution is -0.138. The van der Waals surface area contributed by atoms with Gasteiger partial charge in [0.15, 0.2) is 0 Å². The van der Waals surface area contributed by atoms with Crippen molar-refractivity contribution in [2.75, 3.05) is 0 Å². The Bertz CT molecular complexity index is 357. The molecule has 1 unspecified atom stereocenters. The van der Waals surface area contributed by atoms with Crippen molar-refractivity contribution < 1.29 is 14.3 Å². The van der Waals surface area contributed by atoms with Crippen molar-refractivity contribution in [3.63, 3.8) is 0 Å². The van der Waals surface area contributed by atoms with E-state index in [4.69, 9.17) is 4.74 Å². The maximum Gasteiger partial charge on any atom is 0.314 e. The number of ether oxygens (including phenoxy) is 1. The van der Waals surface area contributed by atoms with Gasteiger partial charge in [-0.2, -0.15) is 0 Å². The highest BCUT2D eigenvalue weighted by molar-refractivity contribution is 5.78. The minimum Gasteiger partial charge on any atom is -0.426 e. The zero-order valence-corrected chi connectivity index (χ0v) is 9.60. The van der Waals surface area contributed by atoms with E-state index < -0.39 is 0 Å². The molecule has 86 valence electrons. The number of para-hydroxylation sites is 1. The number of rotatable bonds is 5. The Labute approximate surface area is 95.4 Å². The second-order valence-electron chi connectivity index (χ2n) is 3.88. The van der Waals surface area contributed by atoms with Crippen molar-refractivity contribution in [2.24, 2.45) is 5.92 Å². The van der Waals surface area contributed by atoms with E-state index in [1.807, 2.05) is 18.2 Å². The van der Waals surface area contributed by atoms with Crippen LogP contribution in [0.25, 0.3) is 0 Å². The molecule has 0 saturated carbocycles. The molecule has 16 heavy (non-hydrogen) atoms. The summed E-state index contributed by atoms with van der Waals surface area (Å²) in [4.78, 5) is 22.4. The summed E-state index contributed by atoms with van der Waals surface area (Å²) >= 11 is 0. The van der Waals surface area contributed by atoms with Crippen LogP contribution >= 0.6 is 0 Å². The molecule has 0 N–H and O–H groups in total. The molecule has 0 aliphatic rings. The normalized spacial score (nSPS) is 11.9. The van der Waals surface area contributed by atoms with Gasteiger partial charge in [0.2, 0.25) is 0 Å². The lowest BCUT2D eigenvalue weighted by atomic mass is 10.0. The Hall–Kier alpha value is -1.64. The fraction of sp³-hybridized carbons (Fsp3) is 0.385. The van der Waals surface area contributed by atoms with Crippen molar-refractivity contribution in [2.45, 2.75) is 26.7 Å². The monoisotopic (exact) mass is 220 g/mol. The van der Waals surface area contributed by atoms with E-state index in [0.29, 0.717) is 18.6 Å². The minimum absolute atomic E-state index is 0.0966. The molecule has 0 aliphatic carbocycles. The van der Waals surface area contributed by atoms with Crippen LogP contribution in [0.15, 0.2) is 30.3 Å². The molecule has 0 radical (unpaired) electrons. The van der Waals surface area contributed by atoms with Crippen molar-refractivity contribution >= 4 is 11.8 Å². The van der Waals surface area contributed by atoms with Gasteiger partial charge in [-0.25, -0.2) is 0 Å². The molecule has 0 aliphatic heterocycles. The van der Waals surface area contributed by atoms with Gasteiger partial charge in [0.05, 0.1) is 5.92 Å². The van der Waals surface area contributed by atoms with Crippen molar-refractivity contribution in [3.05, 3.63) is 30.3 Å². The quantitative estimate of drug-likeness (QED) is 0.566. The second kappa shape index (κ2) is 6.05. The Morgan fingerprint density at radius 1 is 1.25 bits per heavy atom. The smallest absolute Gasteiger partial charge is 0.314 e. The van der Waals surface area contributed by atoms with Crippen LogP contribution in [-0.4, -0.2) is 11.8 Å². The first-order valence-corrected chi connectivity index (χ1v) is 5.36. The topological polar surface area (TPSA) is 43.4 Å². The van der Waals surface area contributed by atoms with Gasteiger partial charge < -0.3 is 9.53 Å². The summed E-state index contributed by atoms with van der Waals surface area (Å²) in [7, 11) is 0. The highest BCUT2D eigenvalue weighted by Gasteiger charge is 2.15. The summed E-state index contributed by atoms with van der Waals surface area (Å²) in [6, 6.07) is 8.94. The number of hydrogen-bond acceptors (Lipinski definition) is 3. The van der Waals surface area contributed by atoms with Crippen LogP contribution in [0.1, 0.15) is 26.7 Å². The molecule has 1 rings (SSSR count). The Morgan fingerprint density at radius 2 is 1.88 bits per heavy atom. The largest absolute Gasteiger partial charge is 0.426 e. The summed E-state index contributed by atoms with van der Waals surface area (Å²) in [5.74, 6) is 0.109. The molecule has 1 aromatic carbocycles. The molecule has 3 nitrogen and oxygen atoms in total. The van der Waals surface area contributed by atoms with Gasteiger partial charge >= 0.3 is 5.97 Å². The second-order valence-corrected chi connectivity index (χ2v) is 3.88. The van der Waals surface area contributed by atoms with Crippen LogP contribution in [0.2, 0.25) is 0 Å². The zero-order valence-electron chi connectivity index (χ0n) is 9.60. The maximum atomic E-state index is 11.6. The van der Waals surface area contributed by atoms with Crippen molar-refractivity contribution in [1.82, 2.24) is 0 Å². The molecule has 0 heterocycles. The Kier molecular flexibility index (Phi) is 4.70. The van der Waals surface area contributed by atoms with E-state index in [9.17, 15) is 9.59 Å². The van der Waals surface area contributed by atoms with E-state index in [1.54, 1.807) is 19.1 Å². The molecular formula is C13H16O3. The first kappa shape index (κ1) is 12.4. The van der Waals surface area contributed by atoms with Gasteiger partial charge in [-0.05, 0) is 25.5 Å². The Morgan fingerprint density at radius 3 is 2.44 bits per heavy atom. The lowest BCUT2D eigenvalue weighted by Crippen LogP contribution is -2.18. The van der Waals surface area contributed by atoms with Gasteiger partial charge in [-0.3, -0.25) is 4.79 Å². The summed E-state index contributed by atoms with van der Waals surface area (Å²) < 4.78 is 5.16. The lowest BCUT2D eigenvalue weighted by Gasteiger charge is -2.09. The number of carbonyl (C=O) groups is 2. The number of esters is 1. The van der Waals surface area contributed by atoms with E-state index in [-0.39, 0.29) is 17.7 Å². The third kappa shape index (κ3) is 4.26. The van der Waals surface area contributed by atoms with E-state index >= 15 is 0 Å². The standard InChI is InChI=1S/C13H16O3/c1-10(8-9-11(2)14)13(15)16-12-6-4-3-5-7-12/h3-7,10H,8-9H2,1-2H3. The van der Waals surface area contributed by atoms with Crippen LogP contribution in [0, 0.1) is 5.92 Å². The molecule has 0 bridgehead atoms. The average Bonchev–Trinajstić information content (AvgIpc) is 2.27. The van der Waals surface area contributed by atoms with Crippen molar-refractivity contribution in [1.29, 1.82) is 0 Å². The van der Waals surface area contributed by atoms with Gasteiger partial charge in [-0.15, -0.1) is 0 Å².